The summed E-state index contributed by atoms with van der Waals surface area (Å²) in [5.41, 5.74) is 0.00646. The summed E-state index contributed by atoms with van der Waals surface area (Å²) < 4.78 is 0. The first-order chi connectivity index (χ1) is 6.41. The zero-order chi connectivity index (χ0) is 10.9. The molecule has 0 bridgehead atoms. The van der Waals surface area contributed by atoms with E-state index in [1.165, 1.54) is 6.42 Å². The van der Waals surface area contributed by atoms with Crippen LogP contribution < -0.4 is 0 Å². The third-order valence-electron chi connectivity index (χ3n) is 4.07. The van der Waals surface area contributed by atoms with Crippen LogP contribution in [0.1, 0.15) is 40.0 Å². The molecular weight excluding hydrogens is 174 g/mol. The van der Waals surface area contributed by atoms with Gasteiger partial charge < -0.3 is 10.0 Å². The molecule has 1 N–H and O–H groups in total. The Morgan fingerprint density at radius 2 is 1.93 bits per heavy atom. The summed E-state index contributed by atoms with van der Waals surface area (Å²) in [5, 5.41) is 10.3. The number of rotatable bonds is 2. The summed E-state index contributed by atoms with van der Waals surface area (Å²) in [4.78, 5) is 2.23. The highest BCUT2D eigenvalue weighted by molar-refractivity contribution is 5.00. The second-order valence-corrected chi connectivity index (χ2v) is 5.44. The minimum absolute atomic E-state index is 0.00646. The van der Waals surface area contributed by atoms with Crippen LogP contribution in [-0.2, 0) is 0 Å². The van der Waals surface area contributed by atoms with Crippen molar-refractivity contribution in [2.75, 3.05) is 14.1 Å². The van der Waals surface area contributed by atoms with Crippen molar-refractivity contribution in [2.45, 2.75) is 51.7 Å². The largest absolute Gasteiger partial charge is 0.391 e. The topological polar surface area (TPSA) is 23.5 Å². The molecule has 0 saturated heterocycles. The first-order valence-electron chi connectivity index (χ1n) is 5.76. The van der Waals surface area contributed by atoms with Gasteiger partial charge in [0.1, 0.15) is 0 Å². The van der Waals surface area contributed by atoms with Crippen LogP contribution in [-0.4, -0.2) is 35.7 Å². The van der Waals surface area contributed by atoms with Crippen LogP contribution in [0, 0.1) is 11.8 Å². The Morgan fingerprint density at radius 3 is 2.29 bits per heavy atom. The monoisotopic (exact) mass is 199 g/mol. The molecule has 2 nitrogen and oxygen atoms in total. The number of likely N-dealkylation sites (N-methyl/N-ethyl adjacent to an activating group) is 1. The van der Waals surface area contributed by atoms with Crippen LogP contribution in [0.3, 0.4) is 0 Å². The number of hydrogen-bond donors (Lipinski definition) is 1. The molecule has 1 aliphatic rings. The van der Waals surface area contributed by atoms with Gasteiger partial charge in [-0.1, -0.05) is 20.8 Å². The Morgan fingerprint density at radius 1 is 1.36 bits per heavy atom. The van der Waals surface area contributed by atoms with Crippen molar-refractivity contribution in [2.24, 2.45) is 11.8 Å². The van der Waals surface area contributed by atoms with Crippen molar-refractivity contribution >= 4 is 0 Å². The summed E-state index contributed by atoms with van der Waals surface area (Å²) in [6.45, 7) is 6.68. The van der Waals surface area contributed by atoms with E-state index in [0.29, 0.717) is 11.8 Å². The lowest BCUT2D eigenvalue weighted by molar-refractivity contribution is -0.0770. The van der Waals surface area contributed by atoms with Gasteiger partial charge in [0.05, 0.1) is 6.10 Å². The molecule has 2 heteroatoms. The van der Waals surface area contributed by atoms with E-state index in [-0.39, 0.29) is 11.6 Å². The standard InChI is InChI=1S/C12H25NO/c1-9(2)12(13(4)5)7-6-10(3)8-11(12)14/h9-11,14H,6-8H2,1-5H3/t10-,11+,12-/m1/s1. The first kappa shape index (κ1) is 12.0. The number of hydrogen-bond acceptors (Lipinski definition) is 2. The highest BCUT2D eigenvalue weighted by Crippen LogP contribution is 2.40. The summed E-state index contributed by atoms with van der Waals surface area (Å²) >= 11 is 0. The van der Waals surface area contributed by atoms with Gasteiger partial charge in [-0.15, -0.1) is 0 Å². The molecule has 1 rings (SSSR count). The highest BCUT2D eigenvalue weighted by Gasteiger charge is 2.45. The van der Waals surface area contributed by atoms with E-state index in [1.807, 2.05) is 0 Å². The zero-order valence-electron chi connectivity index (χ0n) is 10.2. The molecule has 14 heavy (non-hydrogen) atoms. The molecule has 1 fully saturated rings. The zero-order valence-corrected chi connectivity index (χ0v) is 10.2. The summed E-state index contributed by atoms with van der Waals surface area (Å²) in [6.07, 6.45) is 3.16. The van der Waals surface area contributed by atoms with E-state index in [4.69, 9.17) is 0 Å². The Bertz CT molecular complexity index is 181. The quantitative estimate of drug-likeness (QED) is 0.736. The molecule has 0 radical (unpaired) electrons. The first-order valence-corrected chi connectivity index (χ1v) is 5.76. The predicted octanol–water partition coefficient (Wildman–Crippen LogP) is 2.12. The van der Waals surface area contributed by atoms with Crippen molar-refractivity contribution in [3.8, 4) is 0 Å². The molecule has 0 amide bonds. The normalized spacial score (nSPS) is 39.4. The van der Waals surface area contributed by atoms with Crippen molar-refractivity contribution in [1.29, 1.82) is 0 Å². The van der Waals surface area contributed by atoms with Crippen molar-refractivity contribution in [1.82, 2.24) is 4.90 Å². The van der Waals surface area contributed by atoms with Crippen LogP contribution in [0.2, 0.25) is 0 Å². The minimum atomic E-state index is -0.166. The van der Waals surface area contributed by atoms with Crippen LogP contribution in [0.25, 0.3) is 0 Å². The van der Waals surface area contributed by atoms with Crippen molar-refractivity contribution in [3.63, 3.8) is 0 Å². The number of aliphatic hydroxyl groups is 1. The second kappa shape index (κ2) is 4.19. The van der Waals surface area contributed by atoms with Crippen LogP contribution >= 0.6 is 0 Å². The molecule has 0 heterocycles. The van der Waals surface area contributed by atoms with Gasteiger partial charge in [-0.25, -0.2) is 0 Å². The third-order valence-corrected chi connectivity index (χ3v) is 4.07. The van der Waals surface area contributed by atoms with Gasteiger partial charge in [0.2, 0.25) is 0 Å². The molecule has 0 aromatic heterocycles. The van der Waals surface area contributed by atoms with Gasteiger partial charge >= 0.3 is 0 Å². The van der Waals surface area contributed by atoms with Crippen LogP contribution in [0.15, 0.2) is 0 Å². The van der Waals surface area contributed by atoms with E-state index in [9.17, 15) is 5.11 Å². The highest BCUT2D eigenvalue weighted by atomic mass is 16.3. The van der Waals surface area contributed by atoms with Gasteiger partial charge in [-0.2, -0.15) is 0 Å². The Kier molecular flexibility index (Phi) is 3.59. The molecule has 0 unspecified atom stereocenters. The summed E-state index contributed by atoms with van der Waals surface area (Å²) in [7, 11) is 4.19. The average Bonchev–Trinajstić information content (AvgIpc) is 2.02. The van der Waals surface area contributed by atoms with Crippen LogP contribution in [0.4, 0.5) is 0 Å². The predicted molar refractivity (Wildman–Crippen MR) is 60.3 cm³/mol. The van der Waals surface area contributed by atoms with Crippen LogP contribution in [0.5, 0.6) is 0 Å². The molecule has 1 aliphatic carbocycles. The van der Waals surface area contributed by atoms with Gasteiger partial charge in [0.25, 0.3) is 0 Å². The Balaban J connectivity index is 2.87. The van der Waals surface area contributed by atoms with E-state index in [1.54, 1.807) is 0 Å². The van der Waals surface area contributed by atoms with Gasteiger partial charge in [-0.05, 0) is 45.2 Å². The molecule has 0 aromatic carbocycles. The molecule has 0 aromatic rings. The SMILES string of the molecule is CC(C)[C@]1(N(C)C)CC[C@@H](C)C[C@@H]1O. The third kappa shape index (κ3) is 1.82. The lowest BCUT2D eigenvalue weighted by atomic mass is 9.68. The van der Waals surface area contributed by atoms with E-state index < -0.39 is 0 Å². The number of aliphatic hydroxyl groups excluding tert-OH is 1. The Labute approximate surface area is 88.3 Å². The molecule has 1 saturated carbocycles. The lowest BCUT2D eigenvalue weighted by Gasteiger charge is -2.51. The maximum absolute atomic E-state index is 10.3. The Hall–Kier alpha value is -0.0800. The fraction of sp³-hybridized carbons (Fsp3) is 1.00. The fourth-order valence-corrected chi connectivity index (χ4v) is 3.06. The van der Waals surface area contributed by atoms with E-state index >= 15 is 0 Å². The summed E-state index contributed by atoms with van der Waals surface area (Å²) in [6, 6.07) is 0. The summed E-state index contributed by atoms with van der Waals surface area (Å²) in [5.74, 6) is 1.19. The van der Waals surface area contributed by atoms with E-state index in [0.717, 1.165) is 12.8 Å². The number of nitrogens with zero attached hydrogens (tertiary/aromatic N) is 1. The maximum Gasteiger partial charge on any atom is 0.0728 e. The molecule has 0 spiro atoms. The molecule has 3 atom stereocenters. The van der Waals surface area contributed by atoms with Gasteiger partial charge in [-0.3, -0.25) is 0 Å². The molecule has 0 aliphatic heterocycles. The molecular formula is C12H25NO. The van der Waals surface area contributed by atoms with Gasteiger partial charge in [0.15, 0.2) is 0 Å². The second-order valence-electron chi connectivity index (χ2n) is 5.44. The van der Waals surface area contributed by atoms with E-state index in [2.05, 4.69) is 39.8 Å². The fourth-order valence-electron chi connectivity index (χ4n) is 3.06. The molecule has 84 valence electrons. The van der Waals surface area contributed by atoms with Crippen molar-refractivity contribution < 1.29 is 5.11 Å². The lowest BCUT2D eigenvalue weighted by Crippen LogP contribution is -2.59. The van der Waals surface area contributed by atoms with Crippen molar-refractivity contribution in [3.05, 3.63) is 0 Å². The smallest absolute Gasteiger partial charge is 0.0728 e. The average molecular weight is 199 g/mol. The minimum Gasteiger partial charge on any atom is -0.391 e. The maximum atomic E-state index is 10.3. The van der Waals surface area contributed by atoms with Gasteiger partial charge in [0, 0.05) is 5.54 Å².